The highest BCUT2D eigenvalue weighted by Crippen LogP contribution is 2.53. The van der Waals surface area contributed by atoms with Crippen LogP contribution in [0, 0.1) is 0 Å². The maximum atomic E-state index is 5.18. The number of rotatable bonds is 6. The molecule has 0 saturated heterocycles. The van der Waals surface area contributed by atoms with Gasteiger partial charge in [0.25, 0.3) is 0 Å². The highest BCUT2D eigenvalue weighted by molar-refractivity contribution is 7.25. The summed E-state index contributed by atoms with van der Waals surface area (Å²) >= 11 is 1.85. The Morgan fingerprint density at radius 1 is 0.368 bits per heavy atom. The normalized spacial score (nSPS) is 14.5. The van der Waals surface area contributed by atoms with Crippen molar-refractivity contribution in [1.29, 1.82) is 0 Å². The van der Waals surface area contributed by atoms with Gasteiger partial charge in [0.05, 0.1) is 11.4 Å². The van der Waals surface area contributed by atoms with Crippen molar-refractivity contribution in [2.75, 3.05) is 0 Å². The van der Waals surface area contributed by atoms with Gasteiger partial charge in [0.15, 0.2) is 5.82 Å². The molecule has 0 aliphatic heterocycles. The lowest BCUT2D eigenvalue weighted by atomic mass is 9.74. The van der Waals surface area contributed by atoms with Gasteiger partial charge in [0.2, 0.25) is 0 Å². The molecule has 0 N–H and O–H groups in total. The van der Waals surface area contributed by atoms with Crippen LogP contribution in [0.3, 0.4) is 0 Å². The van der Waals surface area contributed by atoms with E-state index in [1.165, 1.54) is 64.7 Å². The largest absolute Gasteiger partial charge is 0.228 e. The quantitative estimate of drug-likeness (QED) is 0.169. The summed E-state index contributed by atoms with van der Waals surface area (Å²) in [6.07, 6.45) is 0. The third kappa shape index (κ3) is 5.62. The Labute approximate surface area is 336 Å². The van der Waals surface area contributed by atoms with E-state index < -0.39 is 0 Å². The van der Waals surface area contributed by atoms with E-state index in [-0.39, 0.29) is 5.41 Å². The van der Waals surface area contributed by atoms with Crippen molar-refractivity contribution in [1.82, 2.24) is 9.97 Å². The van der Waals surface area contributed by atoms with Crippen LogP contribution >= 0.6 is 11.3 Å². The van der Waals surface area contributed by atoms with Crippen LogP contribution in [0.1, 0.15) is 23.6 Å². The molecule has 0 bridgehead atoms. The van der Waals surface area contributed by atoms with E-state index in [1.807, 2.05) is 29.5 Å². The van der Waals surface area contributed by atoms with Gasteiger partial charge in [-0.1, -0.05) is 164 Å². The number of nitrogens with zero attached hydrogens (tertiary/aromatic N) is 2. The van der Waals surface area contributed by atoms with Crippen LogP contribution in [0.25, 0.3) is 87.5 Å². The SMILES string of the molecule is CC1(c2ccccc2)c2ccccc2-c2cc(-c3cccc(-c4cc(-c5ccc(-c6ccc7sc8ccccc8c7c6)cc5)nc(-c5ccccc5)n4)c3)ccc21. The topological polar surface area (TPSA) is 25.8 Å². The second-order valence-electron chi connectivity index (χ2n) is 15.1. The van der Waals surface area contributed by atoms with E-state index in [4.69, 9.17) is 9.97 Å². The smallest absolute Gasteiger partial charge is 0.160 e. The summed E-state index contributed by atoms with van der Waals surface area (Å²) in [5.41, 5.74) is 16.0. The molecule has 2 aromatic heterocycles. The molecule has 0 saturated carbocycles. The number of hydrogen-bond donors (Lipinski definition) is 0. The van der Waals surface area contributed by atoms with Gasteiger partial charge in [0.1, 0.15) is 0 Å². The zero-order valence-corrected chi connectivity index (χ0v) is 32.2. The van der Waals surface area contributed by atoms with Gasteiger partial charge in [-0.05, 0) is 93.4 Å². The Hall–Kier alpha value is -6.94. The Balaban J connectivity index is 0.976. The first-order chi connectivity index (χ1) is 28.1. The molecule has 3 heteroatoms. The molecule has 0 radical (unpaired) electrons. The summed E-state index contributed by atoms with van der Waals surface area (Å²) in [6, 6.07) is 72.3. The summed E-state index contributed by atoms with van der Waals surface area (Å²) < 4.78 is 2.64. The first-order valence-electron chi connectivity index (χ1n) is 19.5. The van der Waals surface area contributed by atoms with Crippen molar-refractivity contribution < 1.29 is 0 Å². The van der Waals surface area contributed by atoms with E-state index in [1.54, 1.807) is 0 Å². The minimum atomic E-state index is -0.219. The van der Waals surface area contributed by atoms with Crippen molar-refractivity contribution >= 4 is 31.5 Å². The number of thiophene rings is 1. The molecule has 8 aromatic carbocycles. The van der Waals surface area contributed by atoms with Crippen LogP contribution in [-0.2, 0) is 5.41 Å². The van der Waals surface area contributed by atoms with Crippen molar-refractivity contribution in [3.8, 4) is 67.3 Å². The maximum absolute atomic E-state index is 5.18. The highest BCUT2D eigenvalue weighted by atomic mass is 32.1. The Morgan fingerprint density at radius 2 is 0.947 bits per heavy atom. The van der Waals surface area contributed by atoms with E-state index in [9.17, 15) is 0 Å². The van der Waals surface area contributed by atoms with Crippen molar-refractivity contribution in [3.63, 3.8) is 0 Å². The lowest BCUT2D eigenvalue weighted by Gasteiger charge is -2.28. The molecule has 2 nitrogen and oxygen atoms in total. The number of fused-ring (bicyclic) bond motifs is 6. The molecule has 1 atom stereocenters. The standard InChI is InChI=1S/C54H36N2S/c1-54(42-17-6-3-7-18-42)47-21-10-8-19-43(47)45-32-40(27-29-48(45)54)38-15-12-16-41(31-38)50-34-49(55-53(56-50)37-13-4-2-5-14-37)36-25-23-35(24-26-36)39-28-30-52-46(33-39)44-20-9-11-22-51(44)57-52/h2-34H,1H3. The first-order valence-corrected chi connectivity index (χ1v) is 20.3. The Bertz CT molecular complexity index is 3130. The van der Waals surface area contributed by atoms with E-state index >= 15 is 0 Å². The van der Waals surface area contributed by atoms with Gasteiger partial charge in [-0.2, -0.15) is 0 Å². The van der Waals surface area contributed by atoms with Gasteiger partial charge in [-0.15, -0.1) is 11.3 Å². The molecule has 268 valence electrons. The second kappa shape index (κ2) is 13.4. The average Bonchev–Trinajstić information content (AvgIpc) is 3.79. The van der Waals surface area contributed by atoms with E-state index in [0.717, 1.165) is 33.6 Å². The molecule has 57 heavy (non-hydrogen) atoms. The fourth-order valence-corrected chi connectivity index (χ4v) is 9.91. The summed E-state index contributed by atoms with van der Waals surface area (Å²) in [5.74, 6) is 0.710. The molecule has 0 spiro atoms. The minimum Gasteiger partial charge on any atom is -0.228 e. The van der Waals surface area contributed by atoms with Gasteiger partial charge in [0, 0.05) is 42.3 Å². The summed E-state index contributed by atoms with van der Waals surface area (Å²) in [7, 11) is 0. The molecular weight excluding hydrogens is 709 g/mol. The lowest BCUT2D eigenvalue weighted by molar-refractivity contribution is 0.714. The van der Waals surface area contributed by atoms with E-state index in [2.05, 4.69) is 189 Å². The molecule has 0 amide bonds. The fraction of sp³-hybridized carbons (Fsp3) is 0.0370. The maximum Gasteiger partial charge on any atom is 0.160 e. The minimum absolute atomic E-state index is 0.219. The average molecular weight is 745 g/mol. The van der Waals surface area contributed by atoms with Crippen LogP contribution in [0.15, 0.2) is 200 Å². The molecule has 1 aliphatic carbocycles. The second-order valence-corrected chi connectivity index (χ2v) is 16.2. The Kier molecular flexibility index (Phi) is 7.84. The molecule has 10 aromatic rings. The zero-order chi connectivity index (χ0) is 37.9. The molecule has 1 unspecified atom stereocenters. The molecule has 0 fully saturated rings. The number of benzene rings is 8. The van der Waals surface area contributed by atoms with E-state index in [0.29, 0.717) is 5.82 Å². The molecule has 11 rings (SSSR count). The van der Waals surface area contributed by atoms with Crippen LogP contribution < -0.4 is 0 Å². The molecule has 2 heterocycles. The van der Waals surface area contributed by atoms with Gasteiger partial charge in [-0.25, -0.2) is 9.97 Å². The van der Waals surface area contributed by atoms with Crippen molar-refractivity contribution in [2.24, 2.45) is 0 Å². The third-order valence-electron chi connectivity index (χ3n) is 11.8. The van der Waals surface area contributed by atoms with Crippen LogP contribution in [0.5, 0.6) is 0 Å². The third-order valence-corrected chi connectivity index (χ3v) is 13.0. The van der Waals surface area contributed by atoms with Crippen LogP contribution in [0.2, 0.25) is 0 Å². The molecular formula is C54H36N2S. The predicted octanol–water partition coefficient (Wildman–Crippen LogP) is 14.5. The fourth-order valence-electron chi connectivity index (χ4n) is 8.82. The Morgan fingerprint density at radius 3 is 1.79 bits per heavy atom. The van der Waals surface area contributed by atoms with Crippen molar-refractivity contribution in [2.45, 2.75) is 12.3 Å². The summed E-state index contributed by atoms with van der Waals surface area (Å²) in [6.45, 7) is 2.36. The summed E-state index contributed by atoms with van der Waals surface area (Å²) in [4.78, 5) is 10.3. The van der Waals surface area contributed by atoms with Gasteiger partial charge >= 0.3 is 0 Å². The summed E-state index contributed by atoms with van der Waals surface area (Å²) in [5, 5.41) is 2.62. The molecule has 1 aliphatic rings. The van der Waals surface area contributed by atoms with Gasteiger partial charge < -0.3 is 0 Å². The number of hydrogen-bond acceptors (Lipinski definition) is 3. The first kappa shape index (κ1) is 33.4. The van der Waals surface area contributed by atoms with Crippen LogP contribution in [-0.4, -0.2) is 9.97 Å². The monoisotopic (exact) mass is 744 g/mol. The van der Waals surface area contributed by atoms with Gasteiger partial charge in [-0.3, -0.25) is 0 Å². The highest BCUT2D eigenvalue weighted by Gasteiger charge is 2.40. The lowest BCUT2D eigenvalue weighted by Crippen LogP contribution is -2.22. The van der Waals surface area contributed by atoms with Crippen molar-refractivity contribution in [3.05, 3.63) is 217 Å². The van der Waals surface area contributed by atoms with Crippen LogP contribution in [0.4, 0.5) is 0 Å². The number of aromatic nitrogens is 2. The zero-order valence-electron chi connectivity index (χ0n) is 31.4. The predicted molar refractivity (Wildman–Crippen MR) is 240 cm³/mol.